The molecule has 114 valence electrons. The molecular formula is C17H23FN2O. The quantitative estimate of drug-likeness (QED) is 0.841. The minimum absolute atomic E-state index is 0.0568. The van der Waals surface area contributed by atoms with Gasteiger partial charge in [-0.25, -0.2) is 4.39 Å². The molecule has 1 aliphatic carbocycles. The fourth-order valence-electron chi connectivity index (χ4n) is 3.23. The monoisotopic (exact) mass is 290 g/mol. The Morgan fingerprint density at radius 1 is 1.33 bits per heavy atom. The second kappa shape index (κ2) is 6.04. The lowest BCUT2D eigenvalue weighted by molar-refractivity contribution is -0.136. The zero-order valence-corrected chi connectivity index (χ0v) is 12.4. The Kier molecular flexibility index (Phi) is 4.13. The second-order valence-electron chi connectivity index (χ2n) is 6.36. The van der Waals surface area contributed by atoms with Crippen LogP contribution in [0.15, 0.2) is 18.2 Å². The van der Waals surface area contributed by atoms with Crippen LogP contribution < -0.4 is 5.73 Å². The Morgan fingerprint density at radius 2 is 2.14 bits per heavy atom. The van der Waals surface area contributed by atoms with Gasteiger partial charge >= 0.3 is 0 Å². The Balaban J connectivity index is 1.82. The van der Waals surface area contributed by atoms with Gasteiger partial charge in [0, 0.05) is 13.0 Å². The normalized spacial score (nSPS) is 20.6. The molecule has 4 heteroatoms. The van der Waals surface area contributed by atoms with E-state index in [-0.39, 0.29) is 23.5 Å². The molecule has 2 aliphatic rings. The van der Waals surface area contributed by atoms with Crippen molar-refractivity contribution >= 4 is 11.6 Å². The highest BCUT2D eigenvalue weighted by molar-refractivity contribution is 5.77. The predicted molar refractivity (Wildman–Crippen MR) is 81.1 cm³/mol. The smallest absolute Gasteiger partial charge is 0.223 e. The van der Waals surface area contributed by atoms with E-state index in [0.717, 1.165) is 43.7 Å². The summed E-state index contributed by atoms with van der Waals surface area (Å²) < 4.78 is 13.4. The maximum absolute atomic E-state index is 13.4. The van der Waals surface area contributed by atoms with Crippen LogP contribution in [0.4, 0.5) is 10.1 Å². The lowest BCUT2D eigenvalue weighted by atomic mass is 9.95. The first-order valence-electron chi connectivity index (χ1n) is 7.99. The molecule has 1 saturated heterocycles. The summed E-state index contributed by atoms with van der Waals surface area (Å²) in [6.45, 7) is 0.811. The first-order valence-corrected chi connectivity index (χ1v) is 7.99. The van der Waals surface area contributed by atoms with E-state index in [1.54, 1.807) is 12.1 Å². The van der Waals surface area contributed by atoms with Gasteiger partial charge in [-0.1, -0.05) is 18.9 Å². The highest BCUT2D eigenvalue weighted by Gasteiger charge is 2.30. The van der Waals surface area contributed by atoms with Crippen molar-refractivity contribution in [3.8, 4) is 0 Å². The zero-order valence-electron chi connectivity index (χ0n) is 12.4. The van der Waals surface area contributed by atoms with Gasteiger partial charge in [0.2, 0.25) is 5.91 Å². The standard InChI is InChI=1S/C17H23FN2O/c18-14-8-7-13(11-15(14)19)16(9-6-12-4-5-12)20-10-2-1-3-17(20)21/h7-8,11-12,16H,1-6,9-10,19H2. The van der Waals surface area contributed by atoms with Crippen molar-refractivity contribution in [3.63, 3.8) is 0 Å². The summed E-state index contributed by atoms with van der Waals surface area (Å²) in [4.78, 5) is 14.2. The topological polar surface area (TPSA) is 46.3 Å². The number of halogens is 1. The van der Waals surface area contributed by atoms with E-state index in [4.69, 9.17) is 5.73 Å². The van der Waals surface area contributed by atoms with Crippen LogP contribution in [0.2, 0.25) is 0 Å². The third kappa shape index (κ3) is 3.36. The highest BCUT2D eigenvalue weighted by Crippen LogP contribution is 2.38. The van der Waals surface area contributed by atoms with Crippen LogP contribution in [-0.2, 0) is 4.79 Å². The first-order chi connectivity index (χ1) is 10.1. The van der Waals surface area contributed by atoms with Crippen LogP contribution in [0, 0.1) is 11.7 Å². The minimum Gasteiger partial charge on any atom is -0.396 e. The predicted octanol–water partition coefficient (Wildman–Crippen LogP) is 3.65. The maximum atomic E-state index is 13.4. The molecule has 0 radical (unpaired) electrons. The number of carbonyl (C=O) groups excluding carboxylic acids is 1. The summed E-state index contributed by atoms with van der Waals surface area (Å²) in [6, 6.07) is 4.96. The van der Waals surface area contributed by atoms with Gasteiger partial charge in [-0.3, -0.25) is 4.79 Å². The summed E-state index contributed by atoms with van der Waals surface area (Å²) >= 11 is 0. The van der Waals surface area contributed by atoms with Gasteiger partial charge in [0.25, 0.3) is 0 Å². The molecule has 3 rings (SSSR count). The number of carbonyl (C=O) groups is 1. The molecule has 0 aromatic heterocycles. The Labute approximate surface area is 125 Å². The van der Waals surface area contributed by atoms with Gasteiger partial charge in [0.15, 0.2) is 0 Å². The van der Waals surface area contributed by atoms with E-state index in [0.29, 0.717) is 6.42 Å². The van der Waals surface area contributed by atoms with E-state index < -0.39 is 0 Å². The molecule has 0 spiro atoms. The van der Waals surface area contributed by atoms with Crippen molar-refractivity contribution < 1.29 is 9.18 Å². The Hall–Kier alpha value is -1.58. The van der Waals surface area contributed by atoms with Crippen LogP contribution in [0.1, 0.15) is 56.6 Å². The van der Waals surface area contributed by atoms with Gasteiger partial charge < -0.3 is 10.6 Å². The van der Waals surface area contributed by atoms with Gasteiger partial charge in [0.1, 0.15) is 5.82 Å². The lowest BCUT2D eigenvalue weighted by Crippen LogP contribution is -2.38. The molecule has 1 amide bonds. The summed E-state index contributed by atoms with van der Waals surface area (Å²) in [5.41, 5.74) is 6.86. The molecule has 1 aromatic rings. The molecule has 3 nitrogen and oxygen atoms in total. The number of rotatable bonds is 5. The highest BCUT2D eigenvalue weighted by atomic mass is 19.1. The van der Waals surface area contributed by atoms with Gasteiger partial charge in [-0.2, -0.15) is 0 Å². The van der Waals surface area contributed by atoms with E-state index in [1.165, 1.54) is 18.9 Å². The van der Waals surface area contributed by atoms with Crippen molar-refractivity contribution in [2.45, 2.75) is 51.0 Å². The van der Waals surface area contributed by atoms with Crippen LogP contribution >= 0.6 is 0 Å². The van der Waals surface area contributed by atoms with E-state index in [2.05, 4.69) is 0 Å². The molecule has 1 atom stereocenters. The number of amides is 1. The molecule has 1 saturated carbocycles. The van der Waals surface area contributed by atoms with Crippen LogP contribution in [0.5, 0.6) is 0 Å². The summed E-state index contributed by atoms with van der Waals surface area (Å²) in [5, 5.41) is 0. The molecule has 1 heterocycles. The van der Waals surface area contributed by atoms with E-state index in [9.17, 15) is 9.18 Å². The Morgan fingerprint density at radius 3 is 2.81 bits per heavy atom. The molecule has 1 unspecified atom stereocenters. The number of nitrogen functional groups attached to an aromatic ring is 1. The van der Waals surface area contributed by atoms with Gasteiger partial charge in [-0.15, -0.1) is 0 Å². The molecule has 0 bridgehead atoms. The molecule has 1 aliphatic heterocycles. The third-order valence-corrected chi connectivity index (χ3v) is 4.69. The van der Waals surface area contributed by atoms with Gasteiger partial charge in [0.05, 0.1) is 11.7 Å². The molecule has 2 N–H and O–H groups in total. The molecule has 21 heavy (non-hydrogen) atoms. The fraction of sp³-hybridized carbons (Fsp3) is 0.588. The van der Waals surface area contributed by atoms with Crippen molar-refractivity contribution in [1.29, 1.82) is 0 Å². The van der Waals surface area contributed by atoms with Crippen molar-refractivity contribution in [2.24, 2.45) is 5.92 Å². The number of benzene rings is 1. The zero-order chi connectivity index (χ0) is 14.8. The fourth-order valence-corrected chi connectivity index (χ4v) is 3.23. The second-order valence-corrected chi connectivity index (χ2v) is 6.36. The number of hydrogen-bond acceptors (Lipinski definition) is 2. The third-order valence-electron chi connectivity index (χ3n) is 4.69. The number of nitrogens with zero attached hydrogens (tertiary/aromatic N) is 1. The van der Waals surface area contributed by atoms with Crippen molar-refractivity contribution in [3.05, 3.63) is 29.6 Å². The minimum atomic E-state index is -0.385. The number of nitrogens with two attached hydrogens (primary N) is 1. The van der Waals surface area contributed by atoms with E-state index in [1.807, 2.05) is 4.90 Å². The van der Waals surface area contributed by atoms with Crippen molar-refractivity contribution in [2.75, 3.05) is 12.3 Å². The van der Waals surface area contributed by atoms with Crippen LogP contribution in [0.25, 0.3) is 0 Å². The average Bonchev–Trinajstić information content (AvgIpc) is 3.29. The maximum Gasteiger partial charge on any atom is 0.223 e. The first kappa shape index (κ1) is 14.4. The number of piperidine rings is 1. The van der Waals surface area contributed by atoms with Crippen molar-refractivity contribution in [1.82, 2.24) is 4.90 Å². The number of likely N-dealkylation sites (tertiary alicyclic amines) is 1. The van der Waals surface area contributed by atoms with Crippen LogP contribution in [-0.4, -0.2) is 17.4 Å². The SMILES string of the molecule is Nc1cc(C(CCC2CC2)N2CCCCC2=O)ccc1F. The summed E-state index contributed by atoms with van der Waals surface area (Å²) in [6.07, 6.45) is 7.40. The summed E-state index contributed by atoms with van der Waals surface area (Å²) in [5.74, 6) is 0.666. The largest absolute Gasteiger partial charge is 0.396 e. The lowest BCUT2D eigenvalue weighted by Gasteiger charge is -2.35. The molecule has 1 aromatic carbocycles. The Bertz CT molecular complexity index is 528. The summed E-state index contributed by atoms with van der Waals surface area (Å²) in [7, 11) is 0. The number of hydrogen-bond donors (Lipinski definition) is 1. The van der Waals surface area contributed by atoms with E-state index >= 15 is 0 Å². The van der Waals surface area contributed by atoms with Gasteiger partial charge in [-0.05, 0) is 49.3 Å². The average molecular weight is 290 g/mol. The number of anilines is 1. The molecule has 2 fully saturated rings. The van der Waals surface area contributed by atoms with Crippen LogP contribution in [0.3, 0.4) is 0 Å². The molecular weight excluding hydrogens is 267 g/mol.